The number of pyridine rings is 1. The van der Waals surface area contributed by atoms with E-state index in [-0.39, 0.29) is 28.7 Å². The molecule has 0 bridgehead atoms. The van der Waals surface area contributed by atoms with Gasteiger partial charge in [0.25, 0.3) is 5.91 Å². The van der Waals surface area contributed by atoms with Gasteiger partial charge in [0.2, 0.25) is 11.8 Å². The van der Waals surface area contributed by atoms with Gasteiger partial charge in [-0.3, -0.25) is 33.5 Å². The maximum atomic E-state index is 13.4. The molecule has 3 aromatic heterocycles. The predicted octanol–water partition coefficient (Wildman–Crippen LogP) is 5.31. The summed E-state index contributed by atoms with van der Waals surface area (Å²) in [5.41, 5.74) is 3.79. The van der Waals surface area contributed by atoms with Gasteiger partial charge in [0, 0.05) is 63.0 Å². The Labute approximate surface area is 323 Å². The Kier molecular flexibility index (Phi) is 10.1. The zero-order chi connectivity index (χ0) is 38.4. The lowest BCUT2D eigenvalue weighted by molar-refractivity contribution is -0.135. The van der Waals surface area contributed by atoms with Gasteiger partial charge >= 0.3 is 5.69 Å². The summed E-state index contributed by atoms with van der Waals surface area (Å²) in [5, 5.41) is 11.4. The van der Waals surface area contributed by atoms with Crippen LogP contribution >= 0.6 is 11.6 Å². The lowest BCUT2D eigenvalue weighted by Crippen LogP contribution is -2.45. The third kappa shape index (κ3) is 7.08. The van der Waals surface area contributed by atoms with E-state index < -0.39 is 17.9 Å². The molecule has 2 N–H and O–H groups in total. The third-order valence-electron chi connectivity index (χ3n) is 11.8. The number of carbonyl (C=O) groups excluding carboxylic acids is 3. The van der Waals surface area contributed by atoms with Crippen molar-refractivity contribution in [2.75, 3.05) is 44.0 Å². The highest BCUT2D eigenvalue weighted by molar-refractivity contribution is 6.34. The number of piperidine rings is 2. The molecule has 1 atom stereocenters. The van der Waals surface area contributed by atoms with Crippen molar-refractivity contribution in [3.05, 3.63) is 76.1 Å². The fourth-order valence-electron chi connectivity index (χ4n) is 8.86. The number of imidazole rings is 1. The highest BCUT2D eigenvalue weighted by atomic mass is 35.5. The number of carbonyl (C=O) groups is 3. The topological polar surface area (TPSA) is 149 Å². The SMILES string of the molecule is COc1cc2nn([C@H]3CC[C@H](CN(C)C4CCN(c5cccc6c5n(C)c(=O)n6C5CCC(=O)NC5=O)CC4)CC3)cc2cc1NC(=O)c1ncccc1Cl. The van der Waals surface area contributed by atoms with Crippen LogP contribution in [0.15, 0.2) is 59.7 Å². The van der Waals surface area contributed by atoms with E-state index >= 15 is 0 Å². The minimum Gasteiger partial charge on any atom is -0.494 e. The molecule has 2 aromatic carbocycles. The summed E-state index contributed by atoms with van der Waals surface area (Å²) in [6.07, 6.45) is 10.5. The molecule has 1 saturated carbocycles. The predicted molar refractivity (Wildman–Crippen MR) is 211 cm³/mol. The number of imide groups is 1. The van der Waals surface area contributed by atoms with Crippen LogP contribution < -0.4 is 26.0 Å². The molecule has 55 heavy (non-hydrogen) atoms. The molecule has 0 spiro atoms. The van der Waals surface area contributed by atoms with Gasteiger partial charge in [-0.2, -0.15) is 5.10 Å². The fraction of sp³-hybridized carbons (Fsp3) is 0.450. The molecule has 5 heterocycles. The van der Waals surface area contributed by atoms with Crippen molar-refractivity contribution in [3.8, 4) is 5.75 Å². The first kappa shape index (κ1) is 36.8. The van der Waals surface area contributed by atoms with E-state index in [1.54, 1.807) is 35.4 Å². The van der Waals surface area contributed by atoms with Crippen LogP contribution in [-0.2, 0) is 16.6 Å². The number of aryl methyl sites for hydroxylation is 1. The number of nitrogens with one attached hydrogen (secondary N) is 2. The van der Waals surface area contributed by atoms with Crippen LogP contribution in [0, 0.1) is 5.92 Å². The zero-order valence-electron chi connectivity index (χ0n) is 31.3. The van der Waals surface area contributed by atoms with Crippen LogP contribution in [0.2, 0.25) is 5.02 Å². The van der Waals surface area contributed by atoms with Crippen LogP contribution in [0.5, 0.6) is 5.75 Å². The number of anilines is 2. The van der Waals surface area contributed by atoms with Crippen LogP contribution in [-0.4, -0.2) is 86.4 Å². The van der Waals surface area contributed by atoms with E-state index in [2.05, 4.69) is 49.4 Å². The summed E-state index contributed by atoms with van der Waals surface area (Å²) >= 11 is 6.20. The Morgan fingerprint density at radius 3 is 2.55 bits per heavy atom. The molecule has 3 amide bonds. The van der Waals surface area contributed by atoms with Gasteiger partial charge < -0.3 is 19.9 Å². The Morgan fingerprint density at radius 1 is 1.04 bits per heavy atom. The Balaban J connectivity index is 0.869. The molecule has 288 valence electrons. The molecule has 0 radical (unpaired) electrons. The minimum atomic E-state index is -0.699. The van der Waals surface area contributed by atoms with E-state index in [0.29, 0.717) is 35.9 Å². The van der Waals surface area contributed by atoms with Crippen molar-refractivity contribution >= 4 is 62.6 Å². The lowest BCUT2D eigenvalue weighted by atomic mass is 9.85. The maximum Gasteiger partial charge on any atom is 0.329 e. The molecule has 8 rings (SSSR count). The molecule has 2 saturated heterocycles. The van der Waals surface area contributed by atoms with Crippen molar-refractivity contribution in [2.45, 2.75) is 69.5 Å². The Bertz CT molecular complexity index is 2330. The van der Waals surface area contributed by atoms with Crippen LogP contribution in [0.25, 0.3) is 21.9 Å². The molecule has 1 unspecified atom stereocenters. The van der Waals surface area contributed by atoms with Gasteiger partial charge in [-0.25, -0.2) is 9.78 Å². The van der Waals surface area contributed by atoms with Gasteiger partial charge in [0.1, 0.15) is 17.5 Å². The normalized spacial score (nSPS) is 21.0. The van der Waals surface area contributed by atoms with Crippen molar-refractivity contribution in [2.24, 2.45) is 13.0 Å². The zero-order valence-corrected chi connectivity index (χ0v) is 32.1. The molecule has 5 aromatic rings. The van der Waals surface area contributed by atoms with E-state index in [1.165, 1.54) is 6.20 Å². The molecule has 3 fully saturated rings. The largest absolute Gasteiger partial charge is 0.494 e. The van der Waals surface area contributed by atoms with Gasteiger partial charge in [0.15, 0.2) is 0 Å². The number of benzene rings is 2. The number of halogens is 1. The molecular weight excluding hydrogens is 722 g/mol. The second-order valence-electron chi connectivity index (χ2n) is 15.2. The van der Waals surface area contributed by atoms with Gasteiger partial charge in [-0.15, -0.1) is 0 Å². The van der Waals surface area contributed by atoms with Crippen molar-refractivity contribution in [3.63, 3.8) is 0 Å². The molecule has 3 aliphatic rings. The molecule has 15 heteroatoms. The summed E-state index contributed by atoms with van der Waals surface area (Å²) in [5.74, 6) is 0.00161. The fourth-order valence-corrected chi connectivity index (χ4v) is 9.07. The number of para-hydroxylation sites is 1. The second-order valence-corrected chi connectivity index (χ2v) is 15.6. The molecule has 1 aliphatic carbocycles. The minimum absolute atomic E-state index is 0.151. The number of ether oxygens (including phenoxy) is 1. The quantitative estimate of drug-likeness (QED) is 0.191. The molecule has 2 aliphatic heterocycles. The first-order valence-electron chi connectivity index (χ1n) is 19.1. The Morgan fingerprint density at radius 2 is 1.82 bits per heavy atom. The maximum absolute atomic E-state index is 13.4. The number of hydrogen-bond donors (Lipinski definition) is 2. The number of amides is 3. The van der Waals surface area contributed by atoms with E-state index in [9.17, 15) is 19.2 Å². The second kappa shape index (κ2) is 15.1. The third-order valence-corrected chi connectivity index (χ3v) is 12.1. The number of methoxy groups -OCH3 is 1. The standard InChI is InChI=1S/C40H46ClN9O5/c1-46(26-15-18-48(19-16-26)31-7-4-8-32-37(31)47(2)40(54)50(32)33-13-14-35(51)44-38(33)52)22-24-9-11-27(12-10-24)49-23-25-20-30(34(55-3)21-29(25)45-49)43-39(53)36-28(41)6-5-17-42-36/h4-8,17,20-21,23-24,26-27,33H,9-16,18-19,22H2,1-3H3,(H,43,53)(H,44,51,52)/t24-,27-,33?. The summed E-state index contributed by atoms with van der Waals surface area (Å²) in [4.78, 5) is 59.9. The van der Waals surface area contributed by atoms with E-state index in [0.717, 1.165) is 85.8 Å². The van der Waals surface area contributed by atoms with Crippen molar-refractivity contribution in [1.82, 2.24) is 34.1 Å². The van der Waals surface area contributed by atoms with Crippen LogP contribution in [0.1, 0.15) is 73.9 Å². The highest BCUT2D eigenvalue weighted by Crippen LogP contribution is 2.37. The molecular formula is C40H46ClN9O5. The summed E-state index contributed by atoms with van der Waals surface area (Å²) in [7, 11) is 5.58. The van der Waals surface area contributed by atoms with Crippen molar-refractivity contribution < 1.29 is 19.1 Å². The summed E-state index contributed by atoms with van der Waals surface area (Å²) in [6.45, 7) is 2.80. The van der Waals surface area contributed by atoms with E-state index in [4.69, 9.17) is 21.4 Å². The molecule has 14 nitrogen and oxygen atoms in total. The number of nitrogens with zero attached hydrogens (tertiary/aromatic N) is 7. The average Bonchev–Trinajstić information content (AvgIpc) is 3.72. The van der Waals surface area contributed by atoms with Crippen molar-refractivity contribution in [1.29, 1.82) is 0 Å². The number of aromatic nitrogens is 5. The number of hydrogen-bond acceptors (Lipinski definition) is 9. The Hall–Kier alpha value is -5.21. The van der Waals surface area contributed by atoms with Gasteiger partial charge in [-0.1, -0.05) is 17.7 Å². The average molecular weight is 768 g/mol. The highest BCUT2D eigenvalue weighted by Gasteiger charge is 2.33. The summed E-state index contributed by atoms with van der Waals surface area (Å²) < 4.78 is 10.9. The summed E-state index contributed by atoms with van der Waals surface area (Å²) in [6, 6.07) is 13.0. The van der Waals surface area contributed by atoms with Gasteiger partial charge in [0.05, 0.1) is 46.1 Å². The monoisotopic (exact) mass is 767 g/mol. The van der Waals surface area contributed by atoms with Crippen LogP contribution in [0.4, 0.5) is 11.4 Å². The van der Waals surface area contributed by atoms with Crippen LogP contribution in [0.3, 0.4) is 0 Å². The smallest absolute Gasteiger partial charge is 0.329 e. The lowest BCUT2D eigenvalue weighted by Gasteiger charge is -2.40. The first-order chi connectivity index (χ1) is 26.6. The number of rotatable bonds is 9. The first-order valence-corrected chi connectivity index (χ1v) is 19.4. The number of fused-ring (bicyclic) bond motifs is 2. The van der Waals surface area contributed by atoms with Gasteiger partial charge in [-0.05, 0) is 88.2 Å². The van der Waals surface area contributed by atoms with E-state index in [1.807, 2.05) is 24.3 Å².